The highest BCUT2D eigenvalue weighted by molar-refractivity contribution is 5.81. The molecule has 2 fully saturated rings. The lowest BCUT2D eigenvalue weighted by Crippen LogP contribution is -2.55. The van der Waals surface area contributed by atoms with Crippen LogP contribution in [0, 0.1) is 35.0 Å². The van der Waals surface area contributed by atoms with Gasteiger partial charge in [-0.1, -0.05) is 52.7 Å². The van der Waals surface area contributed by atoms with Crippen LogP contribution in [-0.4, -0.2) is 11.9 Å². The summed E-state index contributed by atoms with van der Waals surface area (Å²) >= 11 is 0. The average Bonchev–Trinajstić information content (AvgIpc) is 2.42. The van der Waals surface area contributed by atoms with E-state index >= 15 is 0 Å². The Balaban J connectivity index is 2.00. The molecule has 132 valence electrons. The van der Waals surface area contributed by atoms with Crippen molar-refractivity contribution in [1.29, 1.82) is 0 Å². The molecule has 5 atom stereocenters. The average molecular weight is 320 g/mol. The molecule has 0 radical (unpaired) electrons. The number of hydrogen-bond acceptors (Lipinski definition) is 1. The number of carbonyl (C=O) groups is 1. The highest BCUT2D eigenvalue weighted by Crippen LogP contribution is 2.52. The van der Waals surface area contributed by atoms with Crippen LogP contribution in [0.15, 0.2) is 11.6 Å². The maximum Gasteiger partial charge on any atom is 0.223 e. The second-order valence-electron chi connectivity index (χ2n) is 9.40. The number of carbonyl (C=O) groups excluding carboxylic acids is 1. The van der Waals surface area contributed by atoms with Crippen LogP contribution in [0.5, 0.6) is 0 Å². The fourth-order valence-corrected chi connectivity index (χ4v) is 4.74. The van der Waals surface area contributed by atoms with Gasteiger partial charge in [-0.3, -0.25) is 4.79 Å². The van der Waals surface area contributed by atoms with Gasteiger partial charge in [-0.25, -0.2) is 0 Å². The third-order valence-corrected chi connectivity index (χ3v) is 6.54. The zero-order valence-electron chi connectivity index (χ0n) is 16.3. The van der Waals surface area contributed by atoms with Gasteiger partial charge in [0.25, 0.3) is 0 Å². The summed E-state index contributed by atoms with van der Waals surface area (Å²) in [5.41, 5.74) is 1.46. The number of nitrogens with one attached hydrogen (secondary N) is 1. The number of amides is 1. The van der Waals surface area contributed by atoms with Crippen molar-refractivity contribution in [1.82, 2.24) is 5.32 Å². The molecule has 0 spiro atoms. The lowest BCUT2D eigenvalue weighted by atomic mass is 9.54. The van der Waals surface area contributed by atoms with Crippen molar-refractivity contribution in [3.63, 3.8) is 0 Å². The van der Waals surface area contributed by atoms with Crippen molar-refractivity contribution in [2.45, 2.75) is 80.2 Å². The Morgan fingerprint density at radius 3 is 2.35 bits per heavy atom. The number of hydrogen-bond donors (Lipinski definition) is 1. The Morgan fingerprint density at radius 1 is 1.17 bits per heavy atom. The second kappa shape index (κ2) is 6.99. The fraction of sp³-hybridized carbons (Fsp3) is 0.857. The first-order valence-electron chi connectivity index (χ1n) is 9.58. The molecule has 1 amide bonds. The predicted octanol–water partition coefficient (Wildman–Crippen LogP) is 5.19. The molecule has 2 saturated carbocycles. The standard InChI is InChI=1S/C21H37NO/c1-13(2)10-16-12-18(21(16,6)7)20(23)22-19-11-15(5)8-9-17(19)14(3)4/h10,14-19H,8-9,11-12H2,1-7H3,(H,22,23)/t15-,16+,17+,18-,19+/m0/s1. The van der Waals surface area contributed by atoms with Crippen LogP contribution in [0.1, 0.15) is 74.1 Å². The molecule has 1 N–H and O–H groups in total. The van der Waals surface area contributed by atoms with Gasteiger partial charge in [0.2, 0.25) is 5.91 Å². The van der Waals surface area contributed by atoms with Crippen LogP contribution < -0.4 is 5.32 Å². The third-order valence-electron chi connectivity index (χ3n) is 6.54. The first-order valence-corrected chi connectivity index (χ1v) is 9.58. The maximum atomic E-state index is 12.9. The molecule has 0 aromatic carbocycles. The van der Waals surface area contributed by atoms with Crippen molar-refractivity contribution in [2.24, 2.45) is 35.0 Å². The van der Waals surface area contributed by atoms with Crippen LogP contribution in [-0.2, 0) is 4.79 Å². The summed E-state index contributed by atoms with van der Waals surface area (Å²) in [4.78, 5) is 12.9. The van der Waals surface area contributed by atoms with Gasteiger partial charge >= 0.3 is 0 Å². The summed E-state index contributed by atoms with van der Waals surface area (Å²) < 4.78 is 0. The minimum Gasteiger partial charge on any atom is -0.353 e. The Kier molecular flexibility index (Phi) is 5.63. The zero-order valence-corrected chi connectivity index (χ0v) is 16.3. The van der Waals surface area contributed by atoms with Crippen molar-refractivity contribution < 1.29 is 4.79 Å². The van der Waals surface area contributed by atoms with Gasteiger partial charge in [-0.05, 0) is 62.2 Å². The molecule has 0 unspecified atom stereocenters. The molecule has 0 bridgehead atoms. The highest BCUT2D eigenvalue weighted by Gasteiger charge is 2.51. The van der Waals surface area contributed by atoms with E-state index in [9.17, 15) is 4.79 Å². The first kappa shape index (κ1) is 18.5. The zero-order chi connectivity index (χ0) is 17.4. The molecule has 2 nitrogen and oxygen atoms in total. The lowest BCUT2D eigenvalue weighted by molar-refractivity contribution is -0.139. The first-order chi connectivity index (χ1) is 10.6. The maximum absolute atomic E-state index is 12.9. The van der Waals surface area contributed by atoms with Gasteiger partial charge in [0.1, 0.15) is 0 Å². The summed E-state index contributed by atoms with van der Waals surface area (Å²) in [6.45, 7) is 15.8. The van der Waals surface area contributed by atoms with E-state index in [0.29, 0.717) is 29.7 Å². The smallest absolute Gasteiger partial charge is 0.223 e. The van der Waals surface area contributed by atoms with E-state index in [4.69, 9.17) is 0 Å². The van der Waals surface area contributed by atoms with Gasteiger partial charge in [-0.15, -0.1) is 0 Å². The molecule has 0 heterocycles. The SMILES string of the molecule is CC(C)=C[C@@H]1C[C@@H](C(=O)N[C@@H]2C[C@@H](C)CC[C@@H]2C(C)C)C1(C)C. The number of allylic oxidation sites excluding steroid dienone is 2. The molecule has 23 heavy (non-hydrogen) atoms. The van der Waals surface area contributed by atoms with Gasteiger partial charge in [0, 0.05) is 12.0 Å². The molecule has 0 aliphatic heterocycles. The Labute approximate surface area is 143 Å². The molecule has 2 aliphatic rings. The van der Waals surface area contributed by atoms with Crippen molar-refractivity contribution in [3.05, 3.63) is 11.6 Å². The van der Waals surface area contributed by atoms with Crippen molar-refractivity contribution >= 4 is 5.91 Å². The Bertz CT molecular complexity index is 458. The predicted molar refractivity (Wildman–Crippen MR) is 98.1 cm³/mol. The molecule has 0 saturated heterocycles. The molecule has 2 aliphatic carbocycles. The van der Waals surface area contributed by atoms with Crippen LogP contribution in [0.2, 0.25) is 0 Å². The quantitative estimate of drug-likeness (QED) is 0.710. The van der Waals surface area contributed by atoms with Crippen LogP contribution >= 0.6 is 0 Å². The lowest BCUT2D eigenvalue weighted by Gasteiger charge is -2.51. The van der Waals surface area contributed by atoms with E-state index < -0.39 is 0 Å². The minimum atomic E-state index is 0.0922. The van der Waals surface area contributed by atoms with Crippen molar-refractivity contribution in [3.8, 4) is 0 Å². The van der Waals surface area contributed by atoms with Gasteiger partial charge < -0.3 is 5.32 Å². The van der Waals surface area contributed by atoms with Gasteiger partial charge in [0.05, 0.1) is 0 Å². The summed E-state index contributed by atoms with van der Waals surface area (Å²) in [5.74, 6) is 3.07. The Morgan fingerprint density at radius 2 is 1.83 bits per heavy atom. The van der Waals surface area contributed by atoms with Gasteiger partial charge in [0.15, 0.2) is 0 Å². The summed E-state index contributed by atoms with van der Waals surface area (Å²) in [5, 5.41) is 3.45. The topological polar surface area (TPSA) is 29.1 Å². The van der Waals surface area contributed by atoms with E-state index in [1.54, 1.807) is 0 Å². The van der Waals surface area contributed by atoms with Crippen molar-refractivity contribution in [2.75, 3.05) is 0 Å². The minimum absolute atomic E-state index is 0.0922. The Hall–Kier alpha value is -0.790. The largest absolute Gasteiger partial charge is 0.353 e. The molecule has 0 aromatic rings. The van der Waals surface area contributed by atoms with E-state index in [1.165, 1.54) is 18.4 Å². The van der Waals surface area contributed by atoms with E-state index in [1.807, 2.05) is 0 Å². The van der Waals surface area contributed by atoms with Gasteiger partial charge in [-0.2, -0.15) is 0 Å². The fourth-order valence-electron chi connectivity index (χ4n) is 4.74. The second-order valence-corrected chi connectivity index (χ2v) is 9.40. The molecule has 2 rings (SSSR count). The molecular formula is C21H37NO. The molecular weight excluding hydrogens is 282 g/mol. The number of rotatable bonds is 4. The molecule has 2 heteroatoms. The summed E-state index contributed by atoms with van der Waals surface area (Å²) in [6.07, 6.45) is 7.09. The van der Waals surface area contributed by atoms with E-state index in [2.05, 4.69) is 59.9 Å². The van der Waals surface area contributed by atoms with Crippen LogP contribution in [0.3, 0.4) is 0 Å². The molecule has 0 aromatic heterocycles. The monoisotopic (exact) mass is 319 g/mol. The van der Waals surface area contributed by atoms with E-state index in [-0.39, 0.29) is 11.3 Å². The normalized spacial score (nSPS) is 36.3. The van der Waals surface area contributed by atoms with Crippen LogP contribution in [0.25, 0.3) is 0 Å². The third kappa shape index (κ3) is 4.00. The summed E-state index contributed by atoms with van der Waals surface area (Å²) in [7, 11) is 0. The summed E-state index contributed by atoms with van der Waals surface area (Å²) in [6, 6.07) is 0.379. The van der Waals surface area contributed by atoms with Crippen LogP contribution in [0.4, 0.5) is 0 Å². The van der Waals surface area contributed by atoms with E-state index in [0.717, 1.165) is 18.8 Å². The highest BCUT2D eigenvalue weighted by atomic mass is 16.2.